The van der Waals surface area contributed by atoms with E-state index in [1.807, 2.05) is 35.4 Å². The first-order valence-corrected chi connectivity index (χ1v) is 14.0. The third-order valence-electron chi connectivity index (χ3n) is 7.63. The lowest BCUT2D eigenvalue weighted by Gasteiger charge is -2.30. The number of aliphatic carboxylic acids is 1. The van der Waals surface area contributed by atoms with Crippen LogP contribution >= 0.6 is 0 Å². The lowest BCUT2D eigenvalue weighted by atomic mass is 10.1. The van der Waals surface area contributed by atoms with Crippen LogP contribution in [-0.4, -0.2) is 68.3 Å². The molecular formula is C32H32F3N5O4. The third-order valence-corrected chi connectivity index (χ3v) is 7.63. The van der Waals surface area contributed by atoms with Crippen molar-refractivity contribution in [1.29, 1.82) is 0 Å². The Morgan fingerprint density at radius 1 is 1.09 bits per heavy atom. The van der Waals surface area contributed by atoms with Crippen molar-refractivity contribution in [1.82, 2.24) is 18.9 Å². The Morgan fingerprint density at radius 3 is 2.55 bits per heavy atom. The average molecular weight is 608 g/mol. The molecule has 0 aliphatic carbocycles. The van der Waals surface area contributed by atoms with Gasteiger partial charge in [-0.15, -0.1) is 0 Å². The number of carbonyl (C=O) groups is 2. The number of nitrogens with zero attached hydrogens (tertiary/aromatic N) is 4. The summed E-state index contributed by atoms with van der Waals surface area (Å²) in [7, 11) is 1.69. The number of halogens is 3. The van der Waals surface area contributed by atoms with Gasteiger partial charge in [-0.05, 0) is 61.7 Å². The predicted octanol–water partition coefficient (Wildman–Crippen LogP) is 5.52. The van der Waals surface area contributed by atoms with Gasteiger partial charge in [0.25, 0.3) is 5.91 Å². The van der Waals surface area contributed by atoms with E-state index in [-0.39, 0.29) is 11.9 Å². The first kappa shape index (κ1) is 30.6. The molecule has 0 bridgehead atoms. The molecule has 12 heteroatoms. The van der Waals surface area contributed by atoms with Gasteiger partial charge in [-0.1, -0.05) is 30.3 Å². The summed E-state index contributed by atoms with van der Waals surface area (Å²) in [6.07, 6.45) is -1.22. The minimum absolute atomic E-state index is 0.0204. The molecule has 1 atom stereocenters. The molecule has 0 saturated carbocycles. The fourth-order valence-corrected chi connectivity index (χ4v) is 5.45. The smallest absolute Gasteiger partial charge is 0.490 e. The third kappa shape index (κ3) is 6.40. The number of hydrogen-bond acceptors (Lipinski definition) is 5. The molecule has 44 heavy (non-hydrogen) atoms. The zero-order valence-electron chi connectivity index (χ0n) is 24.2. The number of aromatic nitrogens is 3. The standard InChI is InChI=1S/C30H31N5O2.C2HF3O2/c1-20-29(32-28-17-23(12-14-34(20)28)30(36)33-13-6-9-24(31)19-33)27-16-22-8-3-4-11-26(22)35(27)18-21-7-5-10-25(15-21)37-2;3-2(4,5)1(6)7/h3-5,7-8,10-12,14-17,24H,6,9,13,18-19,31H2,1-2H3;(H,6,7)/t24-;/m1./s1. The number of rotatable bonds is 5. The Labute approximate surface area is 251 Å². The van der Waals surface area contributed by atoms with Crippen molar-refractivity contribution in [2.45, 2.75) is 38.5 Å². The normalized spacial score (nSPS) is 15.2. The fourth-order valence-electron chi connectivity index (χ4n) is 5.45. The predicted molar refractivity (Wildman–Crippen MR) is 160 cm³/mol. The first-order chi connectivity index (χ1) is 21.0. The van der Waals surface area contributed by atoms with Crippen molar-refractivity contribution >= 4 is 28.4 Å². The van der Waals surface area contributed by atoms with E-state index in [0.29, 0.717) is 18.7 Å². The van der Waals surface area contributed by atoms with Crippen LogP contribution in [0.15, 0.2) is 72.9 Å². The van der Waals surface area contributed by atoms with Gasteiger partial charge >= 0.3 is 12.1 Å². The highest BCUT2D eigenvalue weighted by molar-refractivity contribution is 5.95. The van der Waals surface area contributed by atoms with E-state index >= 15 is 0 Å². The summed E-state index contributed by atoms with van der Waals surface area (Å²) in [5, 5.41) is 8.29. The van der Waals surface area contributed by atoms with Gasteiger partial charge in [0.15, 0.2) is 0 Å². The van der Waals surface area contributed by atoms with Crippen LogP contribution in [0.5, 0.6) is 5.75 Å². The van der Waals surface area contributed by atoms with Gasteiger partial charge in [0, 0.05) is 54.0 Å². The van der Waals surface area contributed by atoms with Crippen LogP contribution < -0.4 is 10.5 Å². The van der Waals surface area contributed by atoms with Crippen LogP contribution in [0.1, 0.15) is 34.5 Å². The quantitative estimate of drug-likeness (QED) is 0.272. The number of para-hydroxylation sites is 1. The van der Waals surface area contributed by atoms with Crippen LogP contribution in [0.25, 0.3) is 27.9 Å². The summed E-state index contributed by atoms with van der Waals surface area (Å²) in [5.74, 6) is -1.90. The van der Waals surface area contributed by atoms with E-state index in [1.165, 1.54) is 0 Å². The highest BCUT2D eigenvalue weighted by Gasteiger charge is 2.38. The molecule has 9 nitrogen and oxygen atoms in total. The number of aryl methyl sites for hydroxylation is 1. The molecule has 3 N–H and O–H groups in total. The summed E-state index contributed by atoms with van der Waals surface area (Å²) in [6, 6.07) is 22.6. The summed E-state index contributed by atoms with van der Waals surface area (Å²) in [6.45, 7) is 4.12. The number of hydrogen-bond donors (Lipinski definition) is 2. The molecule has 1 amide bonds. The number of ether oxygens (including phenoxy) is 1. The van der Waals surface area contributed by atoms with E-state index in [9.17, 15) is 18.0 Å². The number of benzene rings is 2. The number of likely N-dealkylation sites (tertiary alicyclic amines) is 1. The number of alkyl halides is 3. The first-order valence-electron chi connectivity index (χ1n) is 14.0. The summed E-state index contributed by atoms with van der Waals surface area (Å²) >= 11 is 0. The number of carboxylic acids is 1. The molecule has 6 rings (SSSR count). The molecule has 2 aromatic carbocycles. The molecule has 230 valence electrons. The number of methoxy groups -OCH3 is 1. The molecule has 1 fully saturated rings. The summed E-state index contributed by atoms with van der Waals surface area (Å²) in [4.78, 5) is 29.0. The van der Waals surface area contributed by atoms with Gasteiger partial charge in [-0.25, -0.2) is 9.78 Å². The van der Waals surface area contributed by atoms with Crippen LogP contribution in [-0.2, 0) is 11.3 Å². The van der Waals surface area contributed by atoms with Crippen LogP contribution in [0.2, 0.25) is 0 Å². The van der Waals surface area contributed by atoms with Gasteiger partial charge in [0.05, 0.1) is 12.8 Å². The Balaban J connectivity index is 0.000000493. The number of fused-ring (bicyclic) bond motifs is 2. The maximum Gasteiger partial charge on any atom is 0.490 e. The van der Waals surface area contributed by atoms with Gasteiger partial charge in [-0.2, -0.15) is 13.2 Å². The molecule has 1 saturated heterocycles. The van der Waals surface area contributed by atoms with E-state index in [2.05, 4.69) is 58.4 Å². The second-order valence-corrected chi connectivity index (χ2v) is 10.7. The average Bonchev–Trinajstić information content (AvgIpc) is 3.53. The molecule has 0 radical (unpaired) electrons. The minimum Gasteiger partial charge on any atom is -0.497 e. The number of carbonyl (C=O) groups excluding carboxylic acids is 1. The maximum absolute atomic E-state index is 13.2. The topological polar surface area (TPSA) is 115 Å². The number of carboxylic acid groups (broad SMARTS) is 1. The Morgan fingerprint density at radius 2 is 1.84 bits per heavy atom. The van der Waals surface area contributed by atoms with Crippen molar-refractivity contribution in [2.24, 2.45) is 5.73 Å². The van der Waals surface area contributed by atoms with Crippen LogP contribution in [0.4, 0.5) is 13.2 Å². The SMILES string of the molecule is COc1cccc(Cn2c(-c3nc4cc(C(=O)N5CCC[C@@H](N)C5)ccn4c3C)cc3ccccc32)c1.O=C(O)C(F)(F)F. The second-order valence-electron chi connectivity index (χ2n) is 10.7. The highest BCUT2D eigenvalue weighted by atomic mass is 19.4. The molecule has 4 heterocycles. The van der Waals surface area contributed by atoms with Crippen LogP contribution in [0.3, 0.4) is 0 Å². The Hall–Kier alpha value is -4.84. The number of pyridine rings is 1. The number of amides is 1. The molecule has 1 aliphatic heterocycles. The zero-order valence-corrected chi connectivity index (χ0v) is 24.2. The van der Waals surface area contributed by atoms with Gasteiger partial charge < -0.3 is 29.4 Å². The molecule has 0 unspecified atom stereocenters. The van der Waals surface area contributed by atoms with E-state index in [0.717, 1.165) is 64.3 Å². The summed E-state index contributed by atoms with van der Waals surface area (Å²) in [5.41, 5.74) is 12.8. The number of imidazole rings is 1. The summed E-state index contributed by atoms with van der Waals surface area (Å²) < 4.78 is 41.6. The van der Waals surface area contributed by atoms with Crippen molar-refractivity contribution in [3.8, 4) is 17.1 Å². The fraction of sp³-hybridized carbons (Fsp3) is 0.281. The van der Waals surface area contributed by atoms with Crippen molar-refractivity contribution in [3.63, 3.8) is 0 Å². The largest absolute Gasteiger partial charge is 0.497 e. The monoisotopic (exact) mass is 607 g/mol. The van der Waals surface area contributed by atoms with E-state index in [4.69, 9.17) is 25.4 Å². The van der Waals surface area contributed by atoms with Crippen molar-refractivity contribution < 1.29 is 32.6 Å². The van der Waals surface area contributed by atoms with Gasteiger partial charge in [0.1, 0.15) is 17.1 Å². The van der Waals surface area contributed by atoms with Gasteiger partial charge in [-0.3, -0.25) is 4.79 Å². The Bertz CT molecular complexity index is 1830. The molecule has 1 aliphatic rings. The lowest BCUT2D eigenvalue weighted by Crippen LogP contribution is -2.45. The minimum atomic E-state index is -5.08. The molecule has 0 spiro atoms. The van der Waals surface area contributed by atoms with Crippen molar-refractivity contribution in [3.05, 3.63) is 89.7 Å². The number of piperidine rings is 1. The maximum atomic E-state index is 13.2. The lowest BCUT2D eigenvalue weighted by molar-refractivity contribution is -0.192. The molecule has 5 aromatic rings. The van der Waals surface area contributed by atoms with Gasteiger partial charge in [0.2, 0.25) is 0 Å². The van der Waals surface area contributed by atoms with E-state index in [1.54, 1.807) is 7.11 Å². The van der Waals surface area contributed by atoms with E-state index < -0.39 is 12.1 Å². The molecule has 3 aromatic heterocycles. The van der Waals surface area contributed by atoms with Crippen LogP contribution in [0, 0.1) is 6.92 Å². The highest BCUT2D eigenvalue weighted by Crippen LogP contribution is 2.32. The number of nitrogens with two attached hydrogens (primary N) is 1. The Kier molecular flexibility index (Phi) is 8.63. The van der Waals surface area contributed by atoms with Crippen molar-refractivity contribution in [2.75, 3.05) is 20.2 Å². The molecular weight excluding hydrogens is 575 g/mol. The zero-order chi connectivity index (χ0) is 31.6. The second kappa shape index (κ2) is 12.4.